The molecule has 0 aromatic heterocycles. The second-order valence-corrected chi connectivity index (χ2v) is 6.07. The van der Waals surface area contributed by atoms with Crippen LogP contribution in [-0.2, 0) is 4.79 Å². The lowest BCUT2D eigenvalue weighted by Crippen LogP contribution is -2.48. The van der Waals surface area contributed by atoms with Gasteiger partial charge in [-0.3, -0.25) is 4.79 Å². The smallest absolute Gasteiger partial charge is 0.227 e. The van der Waals surface area contributed by atoms with Crippen LogP contribution in [0.2, 0.25) is 0 Å². The van der Waals surface area contributed by atoms with Crippen molar-refractivity contribution in [1.29, 1.82) is 0 Å². The summed E-state index contributed by atoms with van der Waals surface area (Å²) in [5, 5.41) is 3.43. The SMILES string of the molecule is CC1CCC(C(=O)N2CCCC2C(C)C)CN1. The number of nitrogens with zero attached hydrogens (tertiary/aromatic N) is 1. The van der Waals surface area contributed by atoms with Crippen LogP contribution in [0.25, 0.3) is 0 Å². The van der Waals surface area contributed by atoms with Crippen molar-refractivity contribution in [2.24, 2.45) is 11.8 Å². The second kappa shape index (κ2) is 5.38. The van der Waals surface area contributed by atoms with Crippen LogP contribution < -0.4 is 5.32 Å². The number of hydrogen-bond acceptors (Lipinski definition) is 2. The van der Waals surface area contributed by atoms with E-state index in [0.717, 1.165) is 25.9 Å². The monoisotopic (exact) mass is 238 g/mol. The summed E-state index contributed by atoms with van der Waals surface area (Å²) < 4.78 is 0. The van der Waals surface area contributed by atoms with Gasteiger partial charge >= 0.3 is 0 Å². The summed E-state index contributed by atoms with van der Waals surface area (Å²) in [4.78, 5) is 14.7. The molecule has 98 valence electrons. The van der Waals surface area contributed by atoms with Crippen molar-refractivity contribution in [1.82, 2.24) is 10.2 Å². The Morgan fingerprint density at radius 2 is 2.06 bits per heavy atom. The number of piperidine rings is 1. The van der Waals surface area contributed by atoms with E-state index in [4.69, 9.17) is 0 Å². The zero-order valence-corrected chi connectivity index (χ0v) is 11.4. The maximum atomic E-state index is 12.5. The molecule has 1 N–H and O–H groups in total. The van der Waals surface area contributed by atoms with Gasteiger partial charge in [-0.1, -0.05) is 13.8 Å². The van der Waals surface area contributed by atoms with Crippen LogP contribution in [0.1, 0.15) is 46.5 Å². The summed E-state index contributed by atoms with van der Waals surface area (Å²) in [5.74, 6) is 1.23. The summed E-state index contributed by atoms with van der Waals surface area (Å²) in [7, 11) is 0. The Bertz CT molecular complexity index is 269. The minimum Gasteiger partial charge on any atom is -0.339 e. The van der Waals surface area contributed by atoms with Crippen LogP contribution in [0.4, 0.5) is 0 Å². The Labute approximate surface area is 105 Å². The molecule has 2 heterocycles. The summed E-state index contributed by atoms with van der Waals surface area (Å²) >= 11 is 0. The molecule has 0 aliphatic carbocycles. The predicted octanol–water partition coefficient (Wildman–Crippen LogP) is 2.02. The number of rotatable bonds is 2. The molecule has 0 radical (unpaired) electrons. The van der Waals surface area contributed by atoms with E-state index < -0.39 is 0 Å². The molecule has 3 atom stereocenters. The van der Waals surface area contributed by atoms with E-state index in [-0.39, 0.29) is 5.92 Å². The number of likely N-dealkylation sites (tertiary alicyclic amines) is 1. The number of carbonyl (C=O) groups excluding carboxylic acids is 1. The van der Waals surface area contributed by atoms with Crippen LogP contribution in [0.15, 0.2) is 0 Å². The molecule has 2 saturated heterocycles. The van der Waals surface area contributed by atoms with Crippen molar-refractivity contribution >= 4 is 5.91 Å². The van der Waals surface area contributed by atoms with Crippen LogP contribution in [0.3, 0.4) is 0 Å². The lowest BCUT2D eigenvalue weighted by atomic mass is 9.93. The van der Waals surface area contributed by atoms with Gasteiger partial charge in [0.1, 0.15) is 0 Å². The predicted molar refractivity (Wildman–Crippen MR) is 69.8 cm³/mol. The quantitative estimate of drug-likeness (QED) is 0.798. The minimum absolute atomic E-state index is 0.227. The third kappa shape index (κ3) is 2.82. The number of hydrogen-bond donors (Lipinski definition) is 1. The van der Waals surface area contributed by atoms with Gasteiger partial charge in [0.2, 0.25) is 5.91 Å². The molecular weight excluding hydrogens is 212 g/mol. The van der Waals surface area contributed by atoms with Crippen molar-refractivity contribution in [2.75, 3.05) is 13.1 Å². The van der Waals surface area contributed by atoms with Crippen molar-refractivity contribution in [2.45, 2.75) is 58.5 Å². The molecule has 0 aromatic rings. The van der Waals surface area contributed by atoms with Crippen LogP contribution in [0, 0.1) is 11.8 Å². The first kappa shape index (κ1) is 12.9. The van der Waals surface area contributed by atoms with E-state index in [1.165, 1.54) is 12.8 Å². The lowest BCUT2D eigenvalue weighted by molar-refractivity contribution is -0.137. The van der Waals surface area contributed by atoms with Gasteiger partial charge in [0.05, 0.1) is 5.92 Å². The molecule has 2 aliphatic rings. The van der Waals surface area contributed by atoms with Crippen molar-refractivity contribution in [3.05, 3.63) is 0 Å². The zero-order chi connectivity index (χ0) is 12.4. The first-order valence-electron chi connectivity index (χ1n) is 7.13. The van der Waals surface area contributed by atoms with Gasteiger partial charge in [0.15, 0.2) is 0 Å². The van der Waals surface area contributed by atoms with E-state index in [1.54, 1.807) is 0 Å². The van der Waals surface area contributed by atoms with E-state index in [9.17, 15) is 4.79 Å². The molecule has 17 heavy (non-hydrogen) atoms. The molecule has 2 fully saturated rings. The van der Waals surface area contributed by atoms with Gasteiger partial charge in [-0.15, -0.1) is 0 Å². The summed E-state index contributed by atoms with van der Waals surface area (Å²) in [6, 6.07) is 1.07. The highest BCUT2D eigenvalue weighted by Gasteiger charge is 2.35. The van der Waals surface area contributed by atoms with Crippen LogP contribution in [0.5, 0.6) is 0 Å². The molecule has 1 amide bonds. The molecule has 3 heteroatoms. The fourth-order valence-corrected chi connectivity index (χ4v) is 3.20. The molecule has 0 bridgehead atoms. The van der Waals surface area contributed by atoms with Gasteiger partial charge in [0, 0.05) is 25.2 Å². The van der Waals surface area contributed by atoms with Crippen molar-refractivity contribution in [3.63, 3.8) is 0 Å². The summed E-state index contributed by atoms with van der Waals surface area (Å²) in [6.45, 7) is 8.53. The van der Waals surface area contributed by atoms with Gasteiger partial charge in [-0.05, 0) is 38.5 Å². The molecule has 0 spiro atoms. The van der Waals surface area contributed by atoms with E-state index in [2.05, 4.69) is 31.0 Å². The maximum Gasteiger partial charge on any atom is 0.227 e. The number of amides is 1. The first-order chi connectivity index (χ1) is 8.09. The lowest BCUT2D eigenvalue weighted by Gasteiger charge is -2.34. The largest absolute Gasteiger partial charge is 0.339 e. The number of carbonyl (C=O) groups is 1. The Morgan fingerprint density at radius 1 is 1.29 bits per heavy atom. The Morgan fingerprint density at radius 3 is 2.65 bits per heavy atom. The Hall–Kier alpha value is -0.570. The van der Waals surface area contributed by atoms with Crippen molar-refractivity contribution in [3.8, 4) is 0 Å². The highest BCUT2D eigenvalue weighted by atomic mass is 16.2. The fraction of sp³-hybridized carbons (Fsp3) is 0.929. The normalized spacial score (nSPS) is 34.4. The molecule has 2 aliphatic heterocycles. The van der Waals surface area contributed by atoms with Gasteiger partial charge in [-0.2, -0.15) is 0 Å². The minimum atomic E-state index is 0.227. The van der Waals surface area contributed by atoms with E-state index in [1.807, 2.05) is 0 Å². The summed E-state index contributed by atoms with van der Waals surface area (Å²) in [5.41, 5.74) is 0. The molecule has 0 aromatic carbocycles. The second-order valence-electron chi connectivity index (χ2n) is 6.07. The third-order valence-corrected chi connectivity index (χ3v) is 4.36. The van der Waals surface area contributed by atoms with Crippen molar-refractivity contribution < 1.29 is 4.79 Å². The summed E-state index contributed by atoms with van der Waals surface area (Å²) in [6.07, 6.45) is 4.58. The van der Waals surface area contributed by atoms with Gasteiger partial charge in [-0.25, -0.2) is 0 Å². The molecule has 3 nitrogen and oxygen atoms in total. The average Bonchev–Trinajstić information content (AvgIpc) is 2.78. The Balaban J connectivity index is 1.95. The standard InChI is InChI=1S/C14H26N2O/c1-10(2)13-5-4-8-16(13)14(17)12-7-6-11(3)15-9-12/h10-13,15H,4-9H2,1-3H3. The fourth-order valence-electron chi connectivity index (χ4n) is 3.20. The number of nitrogens with one attached hydrogen (secondary N) is 1. The van der Waals surface area contributed by atoms with Crippen LogP contribution >= 0.6 is 0 Å². The molecular formula is C14H26N2O. The van der Waals surface area contributed by atoms with Gasteiger partial charge in [0.25, 0.3) is 0 Å². The maximum absolute atomic E-state index is 12.5. The highest BCUT2D eigenvalue weighted by molar-refractivity contribution is 5.79. The Kier molecular flexibility index (Phi) is 4.08. The topological polar surface area (TPSA) is 32.3 Å². The molecule has 2 rings (SSSR count). The third-order valence-electron chi connectivity index (χ3n) is 4.36. The van der Waals surface area contributed by atoms with E-state index in [0.29, 0.717) is 23.9 Å². The first-order valence-corrected chi connectivity index (χ1v) is 7.13. The molecule has 0 saturated carbocycles. The average molecular weight is 238 g/mol. The van der Waals surface area contributed by atoms with Crippen LogP contribution in [-0.4, -0.2) is 36.0 Å². The molecule has 3 unspecified atom stereocenters. The zero-order valence-electron chi connectivity index (χ0n) is 11.4. The highest BCUT2D eigenvalue weighted by Crippen LogP contribution is 2.27. The van der Waals surface area contributed by atoms with Gasteiger partial charge < -0.3 is 10.2 Å². The van der Waals surface area contributed by atoms with E-state index >= 15 is 0 Å².